The van der Waals surface area contributed by atoms with Crippen molar-refractivity contribution in [2.45, 2.75) is 58.2 Å². The first-order valence-corrected chi connectivity index (χ1v) is 10.1. The van der Waals surface area contributed by atoms with E-state index in [2.05, 4.69) is 5.32 Å². The molecular weight excluding hydrogens is 356 g/mol. The van der Waals surface area contributed by atoms with E-state index in [1.807, 2.05) is 43.0 Å². The Morgan fingerprint density at radius 2 is 2.07 bits per heavy atom. The van der Waals surface area contributed by atoms with Crippen LogP contribution in [0.5, 0.6) is 0 Å². The molecule has 7 nitrogen and oxygen atoms in total. The normalized spacial score (nSPS) is 23.6. The van der Waals surface area contributed by atoms with Gasteiger partial charge >= 0.3 is 0 Å². The minimum atomic E-state index is -0.504. The van der Waals surface area contributed by atoms with E-state index < -0.39 is 6.04 Å². The molecule has 0 aliphatic carbocycles. The maximum absolute atomic E-state index is 13.2. The molecule has 0 bridgehead atoms. The van der Waals surface area contributed by atoms with Gasteiger partial charge in [0.1, 0.15) is 6.04 Å². The summed E-state index contributed by atoms with van der Waals surface area (Å²) in [6.45, 7) is 5.70. The minimum absolute atomic E-state index is 0.0448. The van der Waals surface area contributed by atoms with Crippen molar-refractivity contribution < 1.29 is 14.4 Å². The quantitative estimate of drug-likeness (QED) is 0.778. The number of carbonyl (C=O) groups is 3. The number of primary amides is 1. The Hall–Kier alpha value is -2.41. The summed E-state index contributed by atoms with van der Waals surface area (Å²) in [6.07, 6.45) is 2.73. The first-order valence-electron chi connectivity index (χ1n) is 10.1. The number of hydrogen-bond acceptors (Lipinski definition) is 4. The molecule has 3 rings (SSSR count). The topological polar surface area (TPSA) is 95.7 Å². The second kappa shape index (κ2) is 8.73. The summed E-state index contributed by atoms with van der Waals surface area (Å²) in [4.78, 5) is 41.4. The van der Waals surface area contributed by atoms with Crippen molar-refractivity contribution in [1.82, 2.24) is 9.80 Å². The standard InChI is InChI=1S/C21H30N4O3/c1-3-14(2)19-21(28)23-16-8-5-4-7-15(16)13-25(19)18(26)10-12-24-11-6-9-17(24)20(22)27/h4-5,7-8,14,17,19H,3,6,9-13H2,1-2H3,(H2,22,27)(H,23,28). The maximum Gasteiger partial charge on any atom is 0.247 e. The van der Waals surface area contributed by atoms with Crippen LogP contribution in [0.25, 0.3) is 0 Å². The van der Waals surface area contributed by atoms with E-state index in [-0.39, 0.29) is 36.1 Å². The average molecular weight is 386 g/mol. The fraction of sp³-hybridized carbons (Fsp3) is 0.571. The summed E-state index contributed by atoms with van der Waals surface area (Å²) in [5, 5.41) is 2.99. The SMILES string of the molecule is CCC(C)C1C(=O)Nc2ccccc2CN1C(=O)CCN1CCCC1C(N)=O. The summed E-state index contributed by atoms with van der Waals surface area (Å²) in [5.74, 6) is -0.481. The summed E-state index contributed by atoms with van der Waals surface area (Å²) in [7, 11) is 0. The smallest absolute Gasteiger partial charge is 0.247 e. The third kappa shape index (κ3) is 4.19. The highest BCUT2D eigenvalue weighted by atomic mass is 16.2. The summed E-state index contributed by atoms with van der Waals surface area (Å²) in [6, 6.07) is 6.82. The first kappa shape index (κ1) is 20.3. The predicted molar refractivity (Wildman–Crippen MR) is 107 cm³/mol. The Morgan fingerprint density at radius 3 is 2.79 bits per heavy atom. The lowest BCUT2D eigenvalue weighted by molar-refractivity contribution is -0.141. The fourth-order valence-corrected chi connectivity index (χ4v) is 4.24. The molecule has 0 aromatic heterocycles. The number of nitrogens with zero attached hydrogens (tertiary/aromatic N) is 2. The van der Waals surface area contributed by atoms with Gasteiger partial charge in [0.25, 0.3) is 0 Å². The van der Waals surface area contributed by atoms with E-state index in [1.165, 1.54) is 0 Å². The van der Waals surface area contributed by atoms with Crippen LogP contribution in [0.4, 0.5) is 5.69 Å². The van der Waals surface area contributed by atoms with Gasteiger partial charge in [-0.3, -0.25) is 19.3 Å². The fourth-order valence-electron chi connectivity index (χ4n) is 4.24. The van der Waals surface area contributed by atoms with Crippen molar-refractivity contribution in [2.24, 2.45) is 11.7 Å². The van der Waals surface area contributed by atoms with E-state index in [1.54, 1.807) is 4.90 Å². The number of para-hydroxylation sites is 1. The van der Waals surface area contributed by atoms with Crippen LogP contribution in [-0.2, 0) is 20.9 Å². The van der Waals surface area contributed by atoms with Crippen molar-refractivity contribution in [2.75, 3.05) is 18.4 Å². The zero-order valence-electron chi connectivity index (χ0n) is 16.7. The summed E-state index contributed by atoms with van der Waals surface area (Å²) >= 11 is 0. The van der Waals surface area contributed by atoms with E-state index in [0.29, 0.717) is 13.1 Å². The number of hydrogen-bond donors (Lipinski definition) is 2. The molecule has 3 N–H and O–H groups in total. The number of anilines is 1. The number of carbonyl (C=O) groups excluding carboxylic acids is 3. The van der Waals surface area contributed by atoms with Gasteiger partial charge in [-0.2, -0.15) is 0 Å². The highest BCUT2D eigenvalue weighted by Crippen LogP contribution is 2.28. The molecule has 1 fully saturated rings. The Labute approximate surface area is 166 Å². The molecule has 3 unspecified atom stereocenters. The molecule has 0 radical (unpaired) electrons. The van der Waals surface area contributed by atoms with Crippen LogP contribution in [0, 0.1) is 5.92 Å². The van der Waals surface area contributed by atoms with Gasteiger partial charge < -0.3 is 16.0 Å². The van der Waals surface area contributed by atoms with Gasteiger partial charge in [-0.25, -0.2) is 0 Å². The van der Waals surface area contributed by atoms with Crippen LogP contribution < -0.4 is 11.1 Å². The van der Waals surface area contributed by atoms with Gasteiger partial charge in [0, 0.05) is 25.2 Å². The van der Waals surface area contributed by atoms with Crippen molar-refractivity contribution >= 4 is 23.4 Å². The van der Waals surface area contributed by atoms with Gasteiger partial charge in [0.2, 0.25) is 17.7 Å². The predicted octanol–water partition coefficient (Wildman–Crippen LogP) is 1.72. The molecule has 1 aromatic rings. The van der Waals surface area contributed by atoms with Gasteiger partial charge in [-0.1, -0.05) is 38.5 Å². The molecule has 28 heavy (non-hydrogen) atoms. The highest BCUT2D eigenvalue weighted by Gasteiger charge is 2.37. The Balaban J connectivity index is 1.78. The monoisotopic (exact) mass is 386 g/mol. The van der Waals surface area contributed by atoms with Crippen molar-refractivity contribution in [1.29, 1.82) is 0 Å². The molecule has 152 valence electrons. The maximum atomic E-state index is 13.2. The number of nitrogens with two attached hydrogens (primary N) is 1. The minimum Gasteiger partial charge on any atom is -0.368 e. The Bertz CT molecular complexity index is 751. The number of nitrogens with one attached hydrogen (secondary N) is 1. The van der Waals surface area contributed by atoms with Crippen LogP contribution in [-0.4, -0.2) is 52.7 Å². The lowest BCUT2D eigenvalue weighted by Gasteiger charge is -2.33. The Kier molecular flexibility index (Phi) is 6.34. The van der Waals surface area contributed by atoms with Crippen molar-refractivity contribution in [3.8, 4) is 0 Å². The second-order valence-corrected chi connectivity index (χ2v) is 7.84. The van der Waals surface area contributed by atoms with Crippen LogP contribution >= 0.6 is 0 Å². The molecule has 3 amide bonds. The van der Waals surface area contributed by atoms with Crippen molar-refractivity contribution in [3.05, 3.63) is 29.8 Å². The van der Waals surface area contributed by atoms with Gasteiger partial charge in [-0.05, 0) is 36.9 Å². The number of amides is 3. The second-order valence-electron chi connectivity index (χ2n) is 7.84. The molecule has 1 saturated heterocycles. The van der Waals surface area contributed by atoms with Crippen LogP contribution in [0.2, 0.25) is 0 Å². The van der Waals surface area contributed by atoms with Crippen LogP contribution in [0.1, 0.15) is 45.1 Å². The van der Waals surface area contributed by atoms with Crippen molar-refractivity contribution in [3.63, 3.8) is 0 Å². The molecule has 0 saturated carbocycles. The molecule has 3 atom stereocenters. The third-order valence-corrected chi connectivity index (χ3v) is 6.03. The summed E-state index contributed by atoms with van der Waals surface area (Å²) < 4.78 is 0. The highest BCUT2D eigenvalue weighted by molar-refractivity contribution is 5.99. The van der Waals surface area contributed by atoms with Crippen LogP contribution in [0.15, 0.2) is 24.3 Å². The van der Waals surface area contributed by atoms with E-state index in [4.69, 9.17) is 5.73 Å². The van der Waals surface area contributed by atoms with Gasteiger partial charge in [0.15, 0.2) is 0 Å². The average Bonchev–Trinajstić information content (AvgIpc) is 3.09. The number of rotatable bonds is 6. The molecule has 2 heterocycles. The first-order chi connectivity index (χ1) is 13.4. The van der Waals surface area contributed by atoms with Crippen LogP contribution in [0.3, 0.4) is 0 Å². The zero-order chi connectivity index (χ0) is 20.3. The third-order valence-electron chi connectivity index (χ3n) is 6.03. The number of benzene rings is 1. The van der Waals surface area contributed by atoms with E-state index in [0.717, 1.165) is 37.1 Å². The molecule has 0 spiro atoms. The zero-order valence-corrected chi connectivity index (χ0v) is 16.7. The number of likely N-dealkylation sites (tertiary alicyclic amines) is 1. The molecule has 2 aliphatic rings. The largest absolute Gasteiger partial charge is 0.368 e. The summed E-state index contributed by atoms with van der Waals surface area (Å²) in [5.41, 5.74) is 7.18. The van der Waals surface area contributed by atoms with E-state index in [9.17, 15) is 14.4 Å². The lowest BCUT2D eigenvalue weighted by Crippen LogP contribution is -2.50. The van der Waals surface area contributed by atoms with Gasteiger partial charge in [0.05, 0.1) is 6.04 Å². The van der Waals surface area contributed by atoms with Gasteiger partial charge in [-0.15, -0.1) is 0 Å². The van der Waals surface area contributed by atoms with E-state index >= 15 is 0 Å². The Morgan fingerprint density at radius 1 is 1.32 bits per heavy atom. The molecular formula is C21H30N4O3. The number of fused-ring (bicyclic) bond motifs is 1. The molecule has 7 heteroatoms. The molecule has 2 aliphatic heterocycles. The molecule has 1 aromatic carbocycles. The lowest BCUT2D eigenvalue weighted by atomic mass is 9.96.